The van der Waals surface area contributed by atoms with Crippen molar-refractivity contribution < 1.29 is 8.42 Å². The van der Waals surface area contributed by atoms with E-state index in [1.165, 1.54) is 31.2 Å². The zero-order chi connectivity index (χ0) is 13.2. The summed E-state index contributed by atoms with van der Waals surface area (Å²) >= 11 is 0. The zero-order valence-electron chi connectivity index (χ0n) is 10.3. The Morgan fingerprint density at radius 2 is 2.22 bits per heavy atom. The standard InChI is InChI=1S/C11H18N4O2S/c1-8(9-2-3-9)6-14-18(16,17)10-4-5-11(15-12)13-7-10/h4-5,7-9,14H,2-3,6,12H2,1H3,(H,13,15). The van der Waals surface area contributed by atoms with E-state index in [1.807, 2.05) is 0 Å². The van der Waals surface area contributed by atoms with Crippen molar-refractivity contribution in [1.82, 2.24) is 9.71 Å². The first-order valence-corrected chi connectivity index (χ1v) is 7.43. The van der Waals surface area contributed by atoms with Gasteiger partial charge in [0.15, 0.2) is 0 Å². The summed E-state index contributed by atoms with van der Waals surface area (Å²) in [5, 5.41) is 0. The van der Waals surface area contributed by atoms with Crippen LogP contribution in [-0.4, -0.2) is 19.9 Å². The fourth-order valence-electron chi connectivity index (χ4n) is 1.78. The van der Waals surface area contributed by atoms with Crippen molar-refractivity contribution in [3.63, 3.8) is 0 Å². The number of hydrogen-bond donors (Lipinski definition) is 3. The normalized spacial score (nSPS) is 17.4. The molecule has 7 heteroatoms. The van der Waals surface area contributed by atoms with Gasteiger partial charge in [0.1, 0.15) is 10.7 Å². The molecule has 1 aromatic rings. The average Bonchev–Trinajstić information content (AvgIpc) is 3.20. The van der Waals surface area contributed by atoms with E-state index in [9.17, 15) is 8.42 Å². The molecule has 6 nitrogen and oxygen atoms in total. The van der Waals surface area contributed by atoms with Crippen molar-refractivity contribution in [1.29, 1.82) is 0 Å². The lowest BCUT2D eigenvalue weighted by molar-refractivity contribution is 0.491. The van der Waals surface area contributed by atoms with Crippen LogP contribution in [0.5, 0.6) is 0 Å². The molecule has 1 heterocycles. The first-order chi connectivity index (χ1) is 8.53. The van der Waals surface area contributed by atoms with Crippen LogP contribution in [0.1, 0.15) is 19.8 Å². The molecule has 100 valence electrons. The van der Waals surface area contributed by atoms with Crippen LogP contribution in [0.15, 0.2) is 23.2 Å². The lowest BCUT2D eigenvalue weighted by atomic mass is 10.1. The van der Waals surface area contributed by atoms with Gasteiger partial charge < -0.3 is 5.43 Å². The van der Waals surface area contributed by atoms with Crippen molar-refractivity contribution in [2.75, 3.05) is 12.0 Å². The predicted molar refractivity (Wildman–Crippen MR) is 69.1 cm³/mol. The molecule has 0 saturated heterocycles. The number of rotatable bonds is 6. The molecule has 0 aliphatic heterocycles. The van der Waals surface area contributed by atoms with Gasteiger partial charge in [-0.2, -0.15) is 0 Å². The maximum atomic E-state index is 12.0. The summed E-state index contributed by atoms with van der Waals surface area (Å²) in [6.07, 6.45) is 3.71. The fourth-order valence-corrected chi connectivity index (χ4v) is 2.87. The highest BCUT2D eigenvalue weighted by atomic mass is 32.2. The summed E-state index contributed by atoms with van der Waals surface area (Å²) in [5.74, 6) is 6.66. The van der Waals surface area contributed by atoms with Crippen molar-refractivity contribution >= 4 is 15.8 Å². The number of sulfonamides is 1. The van der Waals surface area contributed by atoms with Gasteiger partial charge in [-0.25, -0.2) is 24.0 Å². The second kappa shape index (κ2) is 5.21. The van der Waals surface area contributed by atoms with E-state index in [2.05, 4.69) is 22.1 Å². The summed E-state index contributed by atoms with van der Waals surface area (Å²) in [4.78, 5) is 4.04. The van der Waals surface area contributed by atoms with Gasteiger partial charge in [0.05, 0.1) is 0 Å². The molecule has 2 rings (SSSR count). The number of nitrogens with two attached hydrogens (primary N) is 1. The minimum absolute atomic E-state index is 0.157. The summed E-state index contributed by atoms with van der Waals surface area (Å²) in [6.45, 7) is 2.55. The molecular weight excluding hydrogens is 252 g/mol. The predicted octanol–water partition coefficient (Wildman–Crippen LogP) is 0.692. The highest BCUT2D eigenvalue weighted by Crippen LogP contribution is 2.36. The molecule has 0 spiro atoms. The molecule has 1 aromatic heterocycles. The first kappa shape index (κ1) is 13.3. The summed E-state index contributed by atoms with van der Waals surface area (Å²) in [6, 6.07) is 3.01. The van der Waals surface area contributed by atoms with Crippen molar-refractivity contribution in [2.24, 2.45) is 17.7 Å². The van der Waals surface area contributed by atoms with Gasteiger partial charge in [-0.1, -0.05) is 6.92 Å². The lowest BCUT2D eigenvalue weighted by Gasteiger charge is -2.11. The number of nitrogen functional groups attached to an aromatic ring is 1. The van der Waals surface area contributed by atoms with Crippen LogP contribution in [0, 0.1) is 11.8 Å². The molecule has 1 unspecified atom stereocenters. The van der Waals surface area contributed by atoms with Crippen molar-refractivity contribution in [3.05, 3.63) is 18.3 Å². The molecule has 0 radical (unpaired) electrons. The van der Waals surface area contributed by atoms with Crippen LogP contribution < -0.4 is 16.0 Å². The van der Waals surface area contributed by atoms with Crippen molar-refractivity contribution in [3.8, 4) is 0 Å². The largest absolute Gasteiger partial charge is 0.308 e. The smallest absolute Gasteiger partial charge is 0.242 e. The molecule has 4 N–H and O–H groups in total. The van der Waals surface area contributed by atoms with E-state index in [1.54, 1.807) is 0 Å². The minimum atomic E-state index is -3.47. The molecule has 18 heavy (non-hydrogen) atoms. The summed E-state index contributed by atoms with van der Waals surface area (Å²) < 4.78 is 26.6. The average molecular weight is 270 g/mol. The van der Waals surface area contributed by atoms with Gasteiger partial charge in [-0.15, -0.1) is 0 Å². The SMILES string of the molecule is CC(CNS(=O)(=O)c1ccc(NN)nc1)C1CC1. The second-order valence-electron chi connectivity index (χ2n) is 4.69. The number of anilines is 1. The Morgan fingerprint density at radius 3 is 2.72 bits per heavy atom. The number of aromatic nitrogens is 1. The van der Waals surface area contributed by atoms with Crippen LogP contribution in [0.4, 0.5) is 5.82 Å². The van der Waals surface area contributed by atoms with Gasteiger partial charge in [0.2, 0.25) is 10.0 Å². The molecular formula is C11H18N4O2S. The van der Waals surface area contributed by atoms with E-state index in [4.69, 9.17) is 5.84 Å². The Balaban J connectivity index is 1.99. The third kappa shape index (κ3) is 3.18. The highest BCUT2D eigenvalue weighted by Gasteiger charge is 2.28. The Kier molecular flexibility index (Phi) is 3.84. The molecule has 0 aromatic carbocycles. The maximum Gasteiger partial charge on any atom is 0.242 e. The van der Waals surface area contributed by atoms with Crippen LogP contribution in [0.25, 0.3) is 0 Å². The number of nitrogens with one attached hydrogen (secondary N) is 2. The molecule has 1 fully saturated rings. The number of hydrogen-bond acceptors (Lipinski definition) is 5. The van der Waals surface area contributed by atoms with Gasteiger partial charge in [0, 0.05) is 12.7 Å². The van der Waals surface area contributed by atoms with E-state index < -0.39 is 10.0 Å². The van der Waals surface area contributed by atoms with Crippen LogP contribution in [0.3, 0.4) is 0 Å². The quantitative estimate of drug-likeness (QED) is 0.522. The zero-order valence-corrected chi connectivity index (χ0v) is 11.1. The highest BCUT2D eigenvalue weighted by molar-refractivity contribution is 7.89. The summed E-state index contributed by atoms with van der Waals surface area (Å²) in [5.41, 5.74) is 2.35. The molecule has 1 atom stereocenters. The van der Waals surface area contributed by atoms with E-state index in [-0.39, 0.29) is 4.90 Å². The molecule has 0 amide bonds. The van der Waals surface area contributed by atoms with Gasteiger partial charge in [-0.05, 0) is 36.8 Å². The Hall–Kier alpha value is -1.18. The Bertz CT molecular complexity index is 496. The lowest BCUT2D eigenvalue weighted by Crippen LogP contribution is -2.29. The van der Waals surface area contributed by atoms with Crippen LogP contribution >= 0.6 is 0 Å². The third-order valence-electron chi connectivity index (χ3n) is 3.22. The molecule has 0 bridgehead atoms. The van der Waals surface area contributed by atoms with Gasteiger partial charge in [0.25, 0.3) is 0 Å². The van der Waals surface area contributed by atoms with Crippen LogP contribution in [-0.2, 0) is 10.0 Å². The second-order valence-corrected chi connectivity index (χ2v) is 6.46. The number of hydrazine groups is 1. The topological polar surface area (TPSA) is 97.1 Å². The fraction of sp³-hybridized carbons (Fsp3) is 0.545. The van der Waals surface area contributed by atoms with Crippen LogP contribution in [0.2, 0.25) is 0 Å². The maximum absolute atomic E-state index is 12.0. The minimum Gasteiger partial charge on any atom is -0.308 e. The Labute approximate surface area is 107 Å². The van der Waals surface area contributed by atoms with E-state index in [0.717, 1.165) is 0 Å². The number of pyridine rings is 1. The van der Waals surface area contributed by atoms with Crippen molar-refractivity contribution in [2.45, 2.75) is 24.7 Å². The van der Waals surface area contributed by atoms with E-state index >= 15 is 0 Å². The Morgan fingerprint density at radius 1 is 1.50 bits per heavy atom. The monoisotopic (exact) mass is 270 g/mol. The first-order valence-electron chi connectivity index (χ1n) is 5.95. The molecule has 1 saturated carbocycles. The number of nitrogens with zero attached hydrogens (tertiary/aromatic N) is 1. The van der Waals surface area contributed by atoms with Gasteiger partial charge in [-0.3, -0.25) is 0 Å². The third-order valence-corrected chi connectivity index (χ3v) is 4.63. The van der Waals surface area contributed by atoms with E-state index in [0.29, 0.717) is 24.2 Å². The summed E-state index contributed by atoms with van der Waals surface area (Å²) in [7, 11) is -3.47. The molecule has 1 aliphatic rings. The van der Waals surface area contributed by atoms with Gasteiger partial charge >= 0.3 is 0 Å². The molecule has 1 aliphatic carbocycles.